The van der Waals surface area contributed by atoms with Gasteiger partial charge in [-0.15, -0.1) is 11.3 Å². The quantitative estimate of drug-likeness (QED) is 0.602. The van der Waals surface area contributed by atoms with Crippen LogP contribution in [0.15, 0.2) is 5.38 Å². The fourth-order valence-corrected chi connectivity index (χ4v) is 1.84. The third kappa shape index (κ3) is 0.565. The lowest BCUT2D eigenvalue weighted by atomic mass is 10.3. The summed E-state index contributed by atoms with van der Waals surface area (Å²) < 4.78 is 1.07. The highest BCUT2D eigenvalue weighted by Gasteiger charge is 2.04. The van der Waals surface area contributed by atoms with Crippen molar-refractivity contribution in [1.29, 1.82) is 0 Å². The summed E-state index contributed by atoms with van der Waals surface area (Å²) in [4.78, 5) is 0. The Balaban J connectivity index is 2.95. The summed E-state index contributed by atoms with van der Waals surface area (Å²) in [7, 11) is 0. The average Bonchev–Trinajstić information content (AvgIpc) is 2.41. The number of rotatable bonds is 0. The standard InChI is InChI=1S/C6H7N3S/c1-3-2-10-5-4(3)8-9-6(5)7/h2H,1H3,(H3,7,8,9). The van der Waals surface area contributed by atoms with Crippen molar-refractivity contribution in [1.82, 2.24) is 10.2 Å². The molecule has 4 heteroatoms. The van der Waals surface area contributed by atoms with Gasteiger partial charge in [-0.05, 0) is 17.9 Å². The van der Waals surface area contributed by atoms with E-state index in [1.807, 2.05) is 6.92 Å². The molecule has 2 rings (SSSR count). The van der Waals surface area contributed by atoms with Crippen LogP contribution in [0.1, 0.15) is 5.56 Å². The molecule has 0 unspecified atom stereocenters. The van der Waals surface area contributed by atoms with E-state index in [-0.39, 0.29) is 0 Å². The first-order chi connectivity index (χ1) is 4.79. The zero-order chi connectivity index (χ0) is 7.14. The molecule has 0 amide bonds. The van der Waals surface area contributed by atoms with Gasteiger partial charge in [-0.2, -0.15) is 5.10 Å². The van der Waals surface area contributed by atoms with Gasteiger partial charge in [0.05, 0.1) is 10.2 Å². The van der Waals surface area contributed by atoms with Crippen molar-refractivity contribution in [2.45, 2.75) is 6.92 Å². The first-order valence-corrected chi connectivity index (χ1v) is 3.84. The van der Waals surface area contributed by atoms with Gasteiger partial charge in [0.2, 0.25) is 0 Å². The van der Waals surface area contributed by atoms with Crippen molar-refractivity contribution >= 4 is 27.4 Å². The van der Waals surface area contributed by atoms with Crippen molar-refractivity contribution in [3.05, 3.63) is 10.9 Å². The Kier molecular flexibility index (Phi) is 0.990. The van der Waals surface area contributed by atoms with Crippen LogP contribution in [-0.4, -0.2) is 10.2 Å². The molecule has 0 aromatic carbocycles. The normalized spacial score (nSPS) is 10.9. The topological polar surface area (TPSA) is 54.7 Å². The van der Waals surface area contributed by atoms with E-state index in [1.165, 1.54) is 5.56 Å². The van der Waals surface area contributed by atoms with Crippen LogP contribution in [0.3, 0.4) is 0 Å². The summed E-state index contributed by atoms with van der Waals surface area (Å²) in [5, 5.41) is 8.82. The molecule has 0 fully saturated rings. The van der Waals surface area contributed by atoms with Crippen LogP contribution in [0.2, 0.25) is 0 Å². The fourth-order valence-electron chi connectivity index (χ4n) is 0.939. The molecule has 0 atom stereocenters. The molecule has 0 spiro atoms. The van der Waals surface area contributed by atoms with Gasteiger partial charge >= 0.3 is 0 Å². The predicted octanol–water partition coefficient (Wildman–Crippen LogP) is 1.52. The van der Waals surface area contributed by atoms with Gasteiger partial charge in [0, 0.05) is 0 Å². The molecule has 0 aliphatic heterocycles. The lowest BCUT2D eigenvalue weighted by Crippen LogP contribution is -1.82. The SMILES string of the molecule is Cc1csc2c(N)n[nH]c12. The highest BCUT2D eigenvalue weighted by atomic mass is 32.1. The minimum Gasteiger partial charge on any atom is -0.381 e. The Labute approximate surface area is 61.9 Å². The van der Waals surface area contributed by atoms with E-state index in [9.17, 15) is 0 Å². The van der Waals surface area contributed by atoms with E-state index in [1.54, 1.807) is 11.3 Å². The number of hydrogen-bond acceptors (Lipinski definition) is 3. The number of H-pyrrole nitrogens is 1. The second-order valence-electron chi connectivity index (χ2n) is 2.23. The number of nitrogen functional groups attached to an aromatic ring is 1. The molecule has 0 bridgehead atoms. The minimum absolute atomic E-state index is 0.605. The Bertz CT molecular complexity index is 324. The van der Waals surface area contributed by atoms with Crippen molar-refractivity contribution < 1.29 is 0 Å². The third-order valence-corrected chi connectivity index (χ3v) is 2.62. The second kappa shape index (κ2) is 1.73. The van der Waals surface area contributed by atoms with Crippen LogP contribution < -0.4 is 5.73 Å². The van der Waals surface area contributed by atoms with Gasteiger partial charge in [-0.3, -0.25) is 5.10 Å². The molecule has 0 aliphatic rings. The monoisotopic (exact) mass is 153 g/mol. The van der Waals surface area contributed by atoms with Gasteiger partial charge in [0.15, 0.2) is 5.82 Å². The molecular weight excluding hydrogens is 146 g/mol. The third-order valence-electron chi connectivity index (χ3n) is 1.50. The van der Waals surface area contributed by atoms with Crippen molar-refractivity contribution in [2.75, 3.05) is 5.73 Å². The molecule has 0 saturated heterocycles. The maximum atomic E-state index is 5.56. The first-order valence-electron chi connectivity index (χ1n) is 2.96. The van der Waals surface area contributed by atoms with E-state index in [0.29, 0.717) is 5.82 Å². The molecule has 0 saturated carbocycles. The summed E-state index contributed by atoms with van der Waals surface area (Å²) in [6, 6.07) is 0. The first kappa shape index (κ1) is 5.73. The number of aromatic amines is 1. The van der Waals surface area contributed by atoms with Crippen molar-refractivity contribution in [3.63, 3.8) is 0 Å². The number of thiophene rings is 1. The lowest BCUT2D eigenvalue weighted by Gasteiger charge is -1.76. The molecule has 3 nitrogen and oxygen atoms in total. The summed E-state index contributed by atoms with van der Waals surface area (Å²) in [6.07, 6.45) is 0. The number of aromatic nitrogens is 2. The van der Waals surface area contributed by atoms with Gasteiger partial charge in [-0.1, -0.05) is 0 Å². The van der Waals surface area contributed by atoms with Crippen LogP contribution in [0.5, 0.6) is 0 Å². The number of hydrogen-bond donors (Lipinski definition) is 2. The molecule has 0 aliphatic carbocycles. The van der Waals surface area contributed by atoms with E-state index in [2.05, 4.69) is 15.6 Å². The highest BCUT2D eigenvalue weighted by Crippen LogP contribution is 2.27. The Morgan fingerprint density at radius 2 is 2.50 bits per heavy atom. The van der Waals surface area contributed by atoms with E-state index >= 15 is 0 Å². The summed E-state index contributed by atoms with van der Waals surface area (Å²) >= 11 is 1.63. The van der Waals surface area contributed by atoms with Gasteiger partial charge in [-0.25, -0.2) is 0 Å². The van der Waals surface area contributed by atoms with Crippen molar-refractivity contribution in [2.24, 2.45) is 0 Å². The molecule has 2 aromatic rings. The van der Waals surface area contributed by atoms with Crippen LogP contribution in [0, 0.1) is 6.92 Å². The molecule has 0 radical (unpaired) electrons. The van der Waals surface area contributed by atoms with Gasteiger partial charge < -0.3 is 5.73 Å². The van der Waals surface area contributed by atoms with Crippen LogP contribution >= 0.6 is 11.3 Å². The fraction of sp³-hybridized carbons (Fsp3) is 0.167. The maximum Gasteiger partial charge on any atom is 0.163 e. The number of anilines is 1. The predicted molar refractivity (Wildman–Crippen MR) is 43.1 cm³/mol. The smallest absolute Gasteiger partial charge is 0.163 e. The van der Waals surface area contributed by atoms with Crippen LogP contribution in [0.25, 0.3) is 10.2 Å². The highest BCUT2D eigenvalue weighted by molar-refractivity contribution is 7.18. The Hall–Kier alpha value is -1.03. The molecule has 10 heavy (non-hydrogen) atoms. The number of nitrogens with one attached hydrogen (secondary N) is 1. The number of nitrogens with two attached hydrogens (primary N) is 1. The number of fused-ring (bicyclic) bond motifs is 1. The Morgan fingerprint density at radius 3 is 3.20 bits per heavy atom. The molecule has 3 N–H and O–H groups in total. The van der Waals surface area contributed by atoms with Gasteiger partial charge in [0.1, 0.15) is 0 Å². The van der Waals surface area contributed by atoms with Gasteiger partial charge in [0.25, 0.3) is 0 Å². The van der Waals surface area contributed by atoms with E-state index in [4.69, 9.17) is 5.73 Å². The zero-order valence-corrected chi connectivity index (χ0v) is 6.33. The molecule has 2 aromatic heterocycles. The minimum atomic E-state index is 0.605. The van der Waals surface area contributed by atoms with Crippen LogP contribution in [-0.2, 0) is 0 Å². The summed E-state index contributed by atoms with van der Waals surface area (Å²) in [5.74, 6) is 0.605. The molecule has 2 heterocycles. The van der Waals surface area contributed by atoms with Crippen LogP contribution in [0.4, 0.5) is 5.82 Å². The molecular formula is C6H7N3S. The number of nitrogens with zero attached hydrogens (tertiary/aromatic N) is 1. The summed E-state index contributed by atoms with van der Waals surface area (Å²) in [5.41, 5.74) is 7.84. The largest absolute Gasteiger partial charge is 0.381 e. The second-order valence-corrected chi connectivity index (χ2v) is 3.11. The maximum absolute atomic E-state index is 5.56. The lowest BCUT2D eigenvalue weighted by molar-refractivity contribution is 1.12. The average molecular weight is 153 g/mol. The molecule has 52 valence electrons. The van der Waals surface area contributed by atoms with E-state index in [0.717, 1.165) is 10.2 Å². The summed E-state index contributed by atoms with van der Waals surface area (Å²) in [6.45, 7) is 2.04. The zero-order valence-electron chi connectivity index (χ0n) is 5.51. The van der Waals surface area contributed by atoms with E-state index < -0.39 is 0 Å². The number of aryl methyl sites for hydroxylation is 1. The Morgan fingerprint density at radius 1 is 1.70 bits per heavy atom. The van der Waals surface area contributed by atoms with Crippen molar-refractivity contribution in [3.8, 4) is 0 Å².